The molecule has 0 aromatic heterocycles. The Labute approximate surface area is 150 Å². The first-order chi connectivity index (χ1) is 11.2. The molecule has 24 heavy (non-hydrogen) atoms. The van der Waals surface area contributed by atoms with Crippen LogP contribution in [0.2, 0.25) is 0 Å². The van der Waals surface area contributed by atoms with E-state index in [-0.39, 0.29) is 6.54 Å². The van der Waals surface area contributed by atoms with Crippen LogP contribution in [0.4, 0.5) is 11.4 Å². The number of sulfonamides is 1. The molecule has 5 nitrogen and oxygen atoms in total. The number of hydrogen-bond donors (Lipinski definition) is 1. The van der Waals surface area contributed by atoms with Crippen molar-refractivity contribution in [2.75, 3.05) is 22.4 Å². The van der Waals surface area contributed by atoms with Gasteiger partial charge in [0.25, 0.3) is 0 Å². The van der Waals surface area contributed by atoms with Crippen LogP contribution in [0, 0.1) is 13.8 Å². The van der Waals surface area contributed by atoms with Gasteiger partial charge in [0.1, 0.15) is 6.54 Å². The Morgan fingerprint density at radius 1 is 1.12 bits per heavy atom. The highest BCUT2D eigenvalue weighted by Crippen LogP contribution is 2.26. The van der Waals surface area contributed by atoms with Crippen molar-refractivity contribution in [3.8, 4) is 0 Å². The quantitative estimate of drug-likeness (QED) is 0.820. The molecule has 2 aromatic rings. The third-order valence-corrected chi connectivity index (χ3v) is 5.09. The number of anilines is 2. The molecule has 0 heterocycles. The van der Waals surface area contributed by atoms with Crippen molar-refractivity contribution in [2.24, 2.45) is 0 Å². The van der Waals surface area contributed by atoms with Crippen molar-refractivity contribution in [2.45, 2.75) is 13.8 Å². The van der Waals surface area contributed by atoms with Crippen LogP contribution in [0.15, 0.2) is 46.9 Å². The number of nitrogens with zero attached hydrogens (tertiary/aromatic N) is 1. The lowest BCUT2D eigenvalue weighted by atomic mass is 10.1. The lowest BCUT2D eigenvalue weighted by Gasteiger charge is -2.25. The van der Waals surface area contributed by atoms with E-state index < -0.39 is 15.9 Å². The maximum absolute atomic E-state index is 12.3. The fraction of sp³-hybridized carbons (Fsp3) is 0.235. The Kier molecular flexibility index (Phi) is 5.66. The van der Waals surface area contributed by atoms with E-state index in [1.807, 2.05) is 38.1 Å². The number of amides is 1. The molecule has 0 bridgehead atoms. The smallest absolute Gasteiger partial charge is 0.245 e. The summed E-state index contributed by atoms with van der Waals surface area (Å²) in [6.45, 7) is 3.37. The second-order valence-electron chi connectivity index (χ2n) is 5.57. The Bertz CT molecular complexity index is 846. The number of aryl methyl sites for hydroxylation is 2. The third-order valence-electron chi connectivity index (χ3n) is 3.48. The highest BCUT2D eigenvalue weighted by atomic mass is 79.9. The van der Waals surface area contributed by atoms with E-state index in [2.05, 4.69) is 21.2 Å². The van der Waals surface area contributed by atoms with Gasteiger partial charge >= 0.3 is 0 Å². The molecule has 0 fully saturated rings. The number of benzene rings is 2. The Morgan fingerprint density at radius 3 is 2.25 bits per heavy atom. The molecule has 0 saturated carbocycles. The van der Waals surface area contributed by atoms with Gasteiger partial charge in [0.15, 0.2) is 0 Å². The van der Waals surface area contributed by atoms with Crippen molar-refractivity contribution in [1.82, 2.24) is 0 Å². The number of halogens is 1. The van der Waals surface area contributed by atoms with Crippen molar-refractivity contribution < 1.29 is 13.2 Å². The van der Waals surface area contributed by atoms with Crippen LogP contribution in [0.5, 0.6) is 0 Å². The molecule has 128 valence electrons. The molecule has 1 amide bonds. The minimum atomic E-state index is -3.60. The molecule has 0 unspecified atom stereocenters. The summed E-state index contributed by atoms with van der Waals surface area (Å²) in [6.07, 6.45) is 1.10. The summed E-state index contributed by atoms with van der Waals surface area (Å²) in [7, 11) is -3.60. The molecule has 0 saturated heterocycles. The summed E-state index contributed by atoms with van der Waals surface area (Å²) < 4.78 is 26.4. The van der Waals surface area contributed by atoms with Gasteiger partial charge in [0.2, 0.25) is 15.9 Å². The fourth-order valence-electron chi connectivity index (χ4n) is 2.46. The zero-order valence-electron chi connectivity index (χ0n) is 13.7. The predicted molar refractivity (Wildman–Crippen MR) is 101 cm³/mol. The standard InChI is InChI=1S/C17H19BrN2O3S/c1-12-6-4-7-13(2)17(12)20(24(3,22)23)11-16(21)19-15-9-5-8-14(18)10-15/h4-10H,11H2,1-3H3,(H,19,21). The van der Waals surface area contributed by atoms with Crippen LogP contribution in [0.25, 0.3) is 0 Å². The lowest BCUT2D eigenvalue weighted by Crippen LogP contribution is -2.38. The van der Waals surface area contributed by atoms with E-state index in [9.17, 15) is 13.2 Å². The Hall–Kier alpha value is -1.86. The number of rotatable bonds is 5. The number of carbonyl (C=O) groups is 1. The molecule has 0 atom stereocenters. The first-order valence-electron chi connectivity index (χ1n) is 7.28. The molecule has 0 aliphatic heterocycles. The molecule has 2 aromatic carbocycles. The summed E-state index contributed by atoms with van der Waals surface area (Å²) in [5.74, 6) is -0.402. The SMILES string of the molecule is Cc1cccc(C)c1N(CC(=O)Nc1cccc(Br)c1)S(C)(=O)=O. The predicted octanol–water partition coefficient (Wildman–Crippen LogP) is 3.47. The van der Waals surface area contributed by atoms with Gasteiger partial charge in [0.05, 0.1) is 11.9 Å². The highest BCUT2D eigenvalue weighted by Gasteiger charge is 2.23. The van der Waals surface area contributed by atoms with E-state index in [0.717, 1.165) is 26.2 Å². The van der Waals surface area contributed by atoms with Gasteiger partial charge < -0.3 is 5.32 Å². The van der Waals surface area contributed by atoms with E-state index in [0.29, 0.717) is 11.4 Å². The highest BCUT2D eigenvalue weighted by molar-refractivity contribution is 9.10. The zero-order chi connectivity index (χ0) is 17.9. The van der Waals surface area contributed by atoms with Crippen molar-refractivity contribution in [3.05, 3.63) is 58.1 Å². The number of hydrogen-bond acceptors (Lipinski definition) is 3. The first-order valence-corrected chi connectivity index (χ1v) is 9.92. The summed E-state index contributed by atoms with van der Waals surface area (Å²) in [5, 5.41) is 2.72. The van der Waals surface area contributed by atoms with Crippen molar-refractivity contribution in [1.29, 1.82) is 0 Å². The second-order valence-corrected chi connectivity index (χ2v) is 8.39. The van der Waals surface area contributed by atoms with Crippen LogP contribution in [-0.4, -0.2) is 27.1 Å². The van der Waals surface area contributed by atoms with Gasteiger partial charge in [0, 0.05) is 10.2 Å². The van der Waals surface area contributed by atoms with Gasteiger partial charge in [-0.1, -0.05) is 40.2 Å². The number of nitrogens with one attached hydrogen (secondary N) is 1. The molecule has 0 radical (unpaired) electrons. The minimum absolute atomic E-state index is 0.281. The van der Waals surface area contributed by atoms with Crippen LogP contribution in [-0.2, 0) is 14.8 Å². The largest absolute Gasteiger partial charge is 0.324 e. The topological polar surface area (TPSA) is 66.5 Å². The number of carbonyl (C=O) groups excluding carboxylic acids is 1. The second kappa shape index (κ2) is 7.36. The summed E-state index contributed by atoms with van der Waals surface area (Å²) >= 11 is 3.33. The summed E-state index contributed by atoms with van der Waals surface area (Å²) in [6, 6.07) is 12.6. The van der Waals surface area contributed by atoms with Crippen molar-refractivity contribution in [3.63, 3.8) is 0 Å². The molecule has 0 spiro atoms. The monoisotopic (exact) mass is 410 g/mol. The molecule has 0 aliphatic carbocycles. The molecule has 1 N–H and O–H groups in total. The molecular weight excluding hydrogens is 392 g/mol. The van der Waals surface area contributed by atoms with E-state index in [1.54, 1.807) is 18.2 Å². The first kappa shape index (κ1) is 18.5. The summed E-state index contributed by atoms with van der Waals surface area (Å²) in [4.78, 5) is 12.3. The minimum Gasteiger partial charge on any atom is -0.324 e. The molecular formula is C17H19BrN2O3S. The Balaban J connectivity index is 2.29. The Morgan fingerprint density at radius 2 is 1.71 bits per heavy atom. The average molecular weight is 411 g/mol. The van der Waals surface area contributed by atoms with Crippen LogP contribution < -0.4 is 9.62 Å². The molecule has 2 rings (SSSR count). The van der Waals surface area contributed by atoms with Gasteiger partial charge in [-0.05, 0) is 43.2 Å². The van der Waals surface area contributed by atoms with Crippen LogP contribution in [0.3, 0.4) is 0 Å². The van der Waals surface area contributed by atoms with Crippen molar-refractivity contribution >= 4 is 43.2 Å². The molecule has 7 heteroatoms. The van der Waals surface area contributed by atoms with Crippen LogP contribution >= 0.6 is 15.9 Å². The van der Waals surface area contributed by atoms with Gasteiger partial charge in [-0.3, -0.25) is 9.10 Å². The van der Waals surface area contributed by atoms with Gasteiger partial charge in [-0.25, -0.2) is 8.42 Å². The van der Waals surface area contributed by atoms with E-state index in [4.69, 9.17) is 0 Å². The maximum Gasteiger partial charge on any atom is 0.245 e. The van der Waals surface area contributed by atoms with Gasteiger partial charge in [-0.15, -0.1) is 0 Å². The summed E-state index contributed by atoms with van der Waals surface area (Å²) in [5.41, 5.74) is 2.75. The third kappa shape index (κ3) is 4.58. The average Bonchev–Trinajstić information content (AvgIpc) is 2.45. The van der Waals surface area contributed by atoms with Crippen LogP contribution in [0.1, 0.15) is 11.1 Å². The fourth-order valence-corrected chi connectivity index (χ4v) is 3.83. The normalized spacial score (nSPS) is 11.2. The zero-order valence-corrected chi connectivity index (χ0v) is 16.1. The van der Waals surface area contributed by atoms with E-state index >= 15 is 0 Å². The maximum atomic E-state index is 12.3. The molecule has 0 aliphatic rings. The number of para-hydroxylation sites is 1. The van der Waals surface area contributed by atoms with E-state index in [1.165, 1.54) is 0 Å². The lowest BCUT2D eigenvalue weighted by molar-refractivity contribution is -0.114. The van der Waals surface area contributed by atoms with Gasteiger partial charge in [-0.2, -0.15) is 0 Å².